The van der Waals surface area contributed by atoms with E-state index >= 15 is 0 Å². The molecule has 124 valence electrons. The van der Waals surface area contributed by atoms with Crippen LogP contribution in [-0.2, 0) is 4.79 Å². The summed E-state index contributed by atoms with van der Waals surface area (Å²) < 4.78 is 0. The summed E-state index contributed by atoms with van der Waals surface area (Å²) in [4.78, 5) is 14.8. The van der Waals surface area contributed by atoms with Crippen LogP contribution in [0.15, 0.2) is 48.5 Å². The number of nitrogens with one attached hydrogen (secondary N) is 1. The van der Waals surface area contributed by atoms with Gasteiger partial charge in [0.1, 0.15) is 0 Å². The second-order valence-corrected chi connectivity index (χ2v) is 7.13. The Morgan fingerprint density at radius 1 is 1.08 bits per heavy atom. The summed E-state index contributed by atoms with van der Waals surface area (Å²) in [6, 6.07) is 16.1. The Morgan fingerprint density at radius 3 is 2.58 bits per heavy atom. The van der Waals surface area contributed by atoms with Gasteiger partial charge in [0.25, 0.3) is 0 Å². The van der Waals surface area contributed by atoms with Gasteiger partial charge in [-0.2, -0.15) is 0 Å². The van der Waals surface area contributed by atoms with Gasteiger partial charge in [-0.3, -0.25) is 4.79 Å². The minimum absolute atomic E-state index is 0.0249. The van der Waals surface area contributed by atoms with Crippen LogP contribution in [0.4, 0.5) is 0 Å². The Morgan fingerprint density at radius 2 is 1.79 bits per heavy atom. The van der Waals surface area contributed by atoms with Crippen LogP contribution in [-0.4, -0.2) is 36.0 Å². The molecule has 2 aliphatic heterocycles. The number of carbonyl (C=O) groups excluding carboxylic acids is 1. The zero-order valence-electron chi connectivity index (χ0n) is 14.1. The molecule has 2 aromatic carbocycles. The molecule has 3 nitrogen and oxygen atoms in total. The highest BCUT2D eigenvalue weighted by Gasteiger charge is 2.38. The number of amides is 1. The number of fused-ring (bicyclic) bond motifs is 3. The maximum absolute atomic E-state index is 12.3. The molecule has 1 amide bonds. The zero-order chi connectivity index (χ0) is 16.5. The van der Waals surface area contributed by atoms with Gasteiger partial charge in [-0.1, -0.05) is 42.5 Å². The minimum Gasteiger partial charge on any atom is -0.350 e. The van der Waals surface area contributed by atoms with E-state index in [-0.39, 0.29) is 5.91 Å². The van der Waals surface area contributed by atoms with Crippen molar-refractivity contribution >= 4 is 22.8 Å². The zero-order valence-corrected chi connectivity index (χ0v) is 14.1. The molecule has 2 aromatic rings. The van der Waals surface area contributed by atoms with Gasteiger partial charge in [-0.05, 0) is 55.1 Å². The smallest absolute Gasteiger partial charge is 0.244 e. The molecule has 4 rings (SSSR count). The molecule has 0 saturated carbocycles. The van der Waals surface area contributed by atoms with Gasteiger partial charge in [0.2, 0.25) is 5.91 Å². The van der Waals surface area contributed by atoms with E-state index in [9.17, 15) is 4.79 Å². The third-order valence-corrected chi connectivity index (χ3v) is 5.68. The first kappa shape index (κ1) is 15.4. The van der Waals surface area contributed by atoms with E-state index in [0.717, 1.165) is 18.4 Å². The molecule has 2 atom stereocenters. The number of hydrogen-bond donors (Lipinski definition) is 1. The standard InChI is InChI=1S/C21H24N2O/c1-23-18-10-11-19(23)14-17(13-18)22-21(24)12-9-16-7-4-6-15-5-2-3-8-20(15)16/h2-9,12,17-19H,10-11,13-14H2,1H3,(H,22,24)/b12-9+. The maximum atomic E-state index is 12.3. The van der Waals surface area contributed by atoms with Crippen LogP contribution in [0.25, 0.3) is 16.8 Å². The molecule has 2 aliphatic rings. The number of carbonyl (C=O) groups is 1. The van der Waals surface area contributed by atoms with Crippen molar-refractivity contribution in [3.8, 4) is 0 Å². The minimum atomic E-state index is 0.0249. The maximum Gasteiger partial charge on any atom is 0.244 e. The van der Waals surface area contributed by atoms with Crippen molar-refractivity contribution in [1.29, 1.82) is 0 Å². The van der Waals surface area contributed by atoms with Crippen molar-refractivity contribution in [1.82, 2.24) is 10.2 Å². The highest BCUT2D eigenvalue weighted by atomic mass is 16.1. The first-order valence-electron chi connectivity index (χ1n) is 8.89. The Hall–Kier alpha value is -2.13. The second kappa shape index (κ2) is 6.40. The van der Waals surface area contributed by atoms with Crippen molar-refractivity contribution in [2.24, 2.45) is 0 Å². The quantitative estimate of drug-likeness (QED) is 0.877. The molecule has 2 bridgehead atoms. The molecule has 2 fully saturated rings. The average molecular weight is 320 g/mol. The molecule has 24 heavy (non-hydrogen) atoms. The molecular weight excluding hydrogens is 296 g/mol. The van der Waals surface area contributed by atoms with Crippen LogP contribution in [0.3, 0.4) is 0 Å². The summed E-state index contributed by atoms with van der Waals surface area (Å²) in [6.07, 6.45) is 8.34. The third kappa shape index (κ3) is 2.96. The third-order valence-electron chi connectivity index (χ3n) is 5.68. The van der Waals surface area contributed by atoms with Crippen molar-refractivity contribution in [3.63, 3.8) is 0 Å². The summed E-state index contributed by atoms with van der Waals surface area (Å²) in [6.45, 7) is 0. The number of hydrogen-bond acceptors (Lipinski definition) is 2. The van der Waals surface area contributed by atoms with E-state index in [2.05, 4.69) is 41.5 Å². The topological polar surface area (TPSA) is 32.3 Å². The molecule has 0 aromatic heterocycles. The largest absolute Gasteiger partial charge is 0.350 e. The van der Waals surface area contributed by atoms with Gasteiger partial charge in [-0.15, -0.1) is 0 Å². The van der Waals surface area contributed by atoms with Gasteiger partial charge in [0.15, 0.2) is 0 Å². The van der Waals surface area contributed by atoms with Gasteiger partial charge in [0, 0.05) is 24.2 Å². The van der Waals surface area contributed by atoms with Crippen LogP contribution in [0.1, 0.15) is 31.2 Å². The number of benzene rings is 2. The lowest BCUT2D eigenvalue weighted by atomic mass is 9.98. The molecule has 3 heteroatoms. The first-order chi connectivity index (χ1) is 11.7. The Labute approximate surface area is 143 Å². The summed E-state index contributed by atoms with van der Waals surface area (Å²) in [7, 11) is 2.22. The predicted octanol–water partition coefficient (Wildman–Crippen LogP) is 3.59. The lowest BCUT2D eigenvalue weighted by molar-refractivity contribution is -0.117. The summed E-state index contributed by atoms with van der Waals surface area (Å²) in [5, 5.41) is 5.59. The summed E-state index contributed by atoms with van der Waals surface area (Å²) in [5.74, 6) is 0.0249. The molecule has 2 heterocycles. The Bertz CT molecular complexity index is 763. The summed E-state index contributed by atoms with van der Waals surface area (Å²) >= 11 is 0. The van der Waals surface area contributed by atoms with Gasteiger partial charge >= 0.3 is 0 Å². The number of nitrogens with zero attached hydrogens (tertiary/aromatic N) is 1. The normalized spacial score (nSPS) is 27.0. The lowest BCUT2D eigenvalue weighted by Gasteiger charge is -2.36. The lowest BCUT2D eigenvalue weighted by Crippen LogP contribution is -2.48. The van der Waals surface area contributed by atoms with Crippen LogP contribution in [0.2, 0.25) is 0 Å². The highest BCUT2D eigenvalue weighted by molar-refractivity contribution is 5.96. The summed E-state index contributed by atoms with van der Waals surface area (Å²) in [5.41, 5.74) is 1.09. The van der Waals surface area contributed by atoms with E-state index in [4.69, 9.17) is 0 Å². The first-order valence-corrected chi connectivity index (χ1v) is 8.89. The molecule has 2 saturated heterocycles. The fourth-order valence-corrected chi connectivity index (χ4v) is 4.34. The molecular formula is C21H24N2O. The fourth-order valence-electron chi connectivity index (χ4n) is 4.34. The van der Waals surface area contributed by atoms with Crippen molar-refractivity contribution in [2.45, 2.75) is 43.8 Å². The van der Waals surface area contributed by atoms with E-state index in [1.807, 2.05) is 24.3 Å². The van der Waals surface area contributed by atoms with Crippen LogP contribution >= 0.6 is 0 Å². The molecule has 0 aliphatic carbocycles. The van der Waals surface area contributed by atoms with Crippen LogP contribution in [0, 0.1) is 0 Å². The van der Waals surface area contributed by atoms with Gasteiger partial charge in [0.05, 0.1) is 0 Å². The Balaban J connectivity index is 1.43. The van der Waals surface area contributed by atoms with E-state index in [0.29, 0.717) is 18.1 Å². The van der Waals surface area contributed by atoms with E-state index in [1.54, 1.807) is 6.08 Å². The van der Waals surface area contributed by atoms with E-state index < -0.39 is 0 Å². The Kier molecular flexibility index (Phi) is 4.11. The van der Waals surface area contributed by atoms with Gasteiger partial charge < -0.3 is 10.2 Å². The van der Waals surface area contributed by atoms with Gasteiger partial charge in [-0.25, -0.2) is 0 Å². The predicted molar refractivity (Wildman–Crippen MR) is 98.7 cm³/mol. The van der Waals surface area contributed by atoms with Crippen LogP contribution < -0.4 is 5.32 Å². The van der Waals surface area contributed by atoms with Crippen molar-refractivity contribution in [3.05, 3.63) is 54.1 Å². The number of rotatable bonds is 3. The monoisotopic (exact) mass is 320 g/mol. The van der Waals surface area contributed by atoms with Crippen molar-refractivity contribution < 1.29 is 4.79 Å². The molecule has 0 spiro atoms. The van der Waals surface area contributed by atoms with Crippen LogP contribution in [0.5, 0.6) is 0 Å². The SMILES string of the molecule is CN1C2CCC1CC(NC(=O)/C=C/c1cccc3ccccc13)C2. The van der Waals surface area contributed by atoms with E-state index in [1.165, 1.54) is 23.6 Å². The average Bonchev–Trinajstić information content (AvgIpc) is 2.81. The molecule has 1 N–H and O–H groups in total. The highest BCUT2D eigenvalue weighted by Crippen LogP contribution is 2.34. The van der Waals surface area contributed by atoms with Crippen molar-refractivity contribution in [2.75, 3.05) is 7.05 Å². The second-order valence-electron chi connectivity index (χ2n) is 7.13. The molecule has 2 unspecified atom stereocenters. The fraction of sp³-hybridized carbons (Fsp3) is 0.381. The number of piperidine rings is 1. The molecule has 0 radical (unpaired) electrons.